The van der Waals surface area contributed by atoms with E-state index in [1.807, 2.05) is 58.0 Å². The van der Waals surface area contributed by atoms with Crippen LogP contribution in [0.5, 0.6) is 11.5 Å². The van der Waals surface area contributed by atoms with Crippen molar-refractivity contribution in [3.05, 3.63) is 59.2 Å². The van der Waals surface area contributed by atoms with Crippen LogP contribution < -0.4 is 14.8 Å². The van der Waals surface area contributed by atoms with E-state index in [2.05, 4.69) is 5.32 Å². The van der Waals surface area contributed by atoms with Crippen LogP contribution in [0.4, 0.5) is 5.69 Å². The molecule has 0 spiro atoms. The van der Waals surface area contributed by atoms with Crippen molar-refractivity contribution in [2.24, 2.45) is 0 Å². The standard InChI is InChI=1S/C24H30N2O4/c1-16(2)30-21-12-10-19(14-22(21)29-6)11-13-24(28)26(5)15-23(27)25-20-9-7-8-17(3)18(20)4/h7-14,16H,15H2,1-6H3,(H,25,27)/b13-11-. The van der Waals surface area contributed by atoms with Gasteiger partial charge in [-0.25, -0.2) is 0 Å². The average Bonchev–Trinajstić information content (AvgIpc) is 2.69. The van der Waals surface area contributed by atoms with Gasteiger partial charge in [0, 0.05) is 18.8 Å². The van der Waals surface area contributed by atoms with Crippen molar-refractivity contribution in [3.8, 4) is 11.5 Å². The van der Waals surface area contributed by atoms with Gasteiger partial charge in [-0.1, -0.05) is 18.2 Å². The van der Waals surface area contributed by atoms with Gasteiger partial charge in [-0.05, 0) is 68.7 Å². The SMILES string of the molecule is COc1cc(/C=C\C(=O)N(C)CC(=O)Nc2cccc(C)c2C)ccc1OC(C)C. The van der Waals surface area contributed by atoms with Crippen molar-refractivity contribution in [3.63, 3.8) is 0 Å². The fraction of sp³-hybridized carbons (Fsp3) is 0.333. The van der Waals surface area contributed by atoms with Gasteiger partial charge >= 0.3 is 0 Å². The van der Waals surface area contributed by atoms with Crippen molar-refractivity contribution in [1.82, 2.24) is 4.90 Å². The van der Waals surface area contributed by atoms with Crippen molar-refractivity contribution in [2.45, 2.75) is 33.8 Å². The Morgan fingerprint density at radius 2 is 1.87 bits per heavy atom. The molecule has 2 aromatic carbocycles. The number of likely N-dealkylation sites (N-methyl/N-ethyl adjacent to an activating group) is 1. The van der Waals surface area contributed by atoms with Crippen LogP contribution in [-0.2, 0) is 9.59 Å². The van der Waals surface area contributed by atoms with Gasteiger partial charge in [0.2, 0.25) is 11.8 Å². The second-order valence-electron chi connectivity index (χ2n) is 7.40. The van der Waals surface area contributed by atoms with Crippen LogP contribution in [0.25, 0.3) is 6.08 Å². The topological polar surface area (TPSA) is 67.9 Å². The normalized spacial score (nSPS) is 10.9. The molecule has 6 nitrogen and oxygen atoms in total. The number of rotatable bonds is 8. The van der Waals surface area contributed by atoms with Gasteiger partial charge in [0.25, 0.3) is 0 Å². The number of ether oxygens (including phenoxy) is 2. The van der Waals surface area contributed by atoms with E-state index in [0.29, 0.717) is 11.5 Å². The third kappa shape index (κ3) is 6.37. The van der Waals surface area contributed by atoms with Crippen LogP contribution in [0.2, 0.25) is 0 Å². The molecule has 0 aromatic heterocycles. The van der Waals surface area contributed by atoms with Crippen molar-refractivity contribution in [1.29, 1.82) is 0 Å². The molecule has 0 saturated heterocycles. The molecule has 0 bridgehead atoms. The largest absolute Gasteiger partial charge is 0.493 e. The molecule has 2 aromatic rings. The summed E-state index contributed by atoms with van der Waals surface area (Å²) in [7, 11) is 3.17. The highest BCUT2D eigenvalue weighted by molar-refractivity contribution is 5.98. The number of benzene rings is 2. The average molecular weight is 411 g/mol. The fourth-order valence-electron chi connectivity index (χ4n) is 2.80. The van der Waals surface area contributed by atoms with Crippen LogP contribution in [-0.4, -0.2) is 43.5 Å². The molecular formula is C24H30N2O4. The first-order valence-electron chi connectivity index (χ1n) is 9.85. The molecule has 0 radical (unpaired) electrons. The first-order valence-corrected chi connectivity index (χ1v) is 9.85. The molecule has 0 saturated carbocycles. The number of carbonyl (C=O) groups excluding carboxylic acids is 2. The molecule has 1 N–H and O–H groups in total. The highest BCUT2D eigenvalue weighted by Crippen LogP contribution is 2.29. The van der Waals surface area contributed by atoms with Gasteiger partial charge in [0.15, 0.2) is 11.5 Å². The molecule has 160 valence electrons. The molecule has 0 aliphatic heterocycles. The highest BCUT2D eigenvalue weighted by atomic mass is 16.5. The Kier molecular flexibility index (Phi) is 8.04. The predicted octanol–water partition coefficient (Wildman–Crippen LogP) is 4.21. The van der Waals surface area contributed by atoms with Crippen LogP contribution in [0.15, 0.2) is 42.5 Å². The zero-order valence-corrected chi connectivity index (χ0v) is 18.5. The molecule has 0 atom stereocenters. The summed E-state index contributed by atoms with van der Waals surface area (Å²) >= 11 is 0. The Labute approximate surface area is 178 Å². The van der Waals surface area contributed by atoms with Gasteiger partial charge in [0.05, 0.1) is 19.8 Å². The van der Waals surface area contributed by atoms with Gasteiger partial charge in [0.1, 0.15) is 0 Å². The first kappa shape index (κ1) is 23.0. The fourth-order valence-corrected chi connectivity index (χ4v) is 2.80. The summed E-state index contributed by atoms with van der Waals surface area (Å²) in [6.45, 7) is 7.79. The lowest BCUT2D eigenvalue weighted by Gasteiger charge is -2.16. The molecule has 6 heteroatoms. The van der Waals surface area contributed by atoms with Crippen LogP contribution in [0.1, 0.15) is 30.5 Å². The van der Waals surface area contributed by atoms with Crippen LogP contribution in [0.3, 0.4) is 0 Å². The number of hydrogen-bond donors (Lipinski definition) is 1. The number of aryl methyl sites for hydroxylation is 1. The van der Waals surface area contributed by atoms with E-state index >= 15 is 0 Å². The third-order valence-electron chi connectivity index (χ3n) is 4.60. The maximum Gasteiger partial charge on any atom is 0.246 e. The number of nitrogens with zero attached hydrogens (tertiary/aromatic N) is 1. The van der Waals surface area contributed by atoms with E-state index in [1.54, 1.807) is 26.3 Å². The number of hydrogen-bond acceptors (Lipinski definition) is 4. The molecule has 2 amide bonds. The maximum atomic E-state index is 12.4. The molecule has 30 heavy (non-hydrogen) atoms. The summed E-state index contributed by atoms with van der Waals surface area (Å²) in [6, 6.07) is 11.2. The minimum atomic E-state index is -0.271. The Morgan fingerprint density at radius 1 is 1.13 bits per heavy atom. The second kappa shape index (κ2) is 10.5. The number of amides is 2. The highest BCUT2D eigenvalue weighted by Gasteiger charge is 2.12. The first-order chi connectivity index (χ1) is 14.2. The third-order valence-corrected chi connectivity index (χ3v) is 4.60. The van der Waals surface area contributed by atoms with E-state index in [9.17, 15) is 9.59 Å². The van der Waals surface area contributed by atoms with E-state index in [4.69, 9.17) is 9.47 Å². The lowest BCUT2D eigenvalue weighted by molar-refractivity contribution is -0.129. The van der Waals surface area contributed by atoms with Crippen molar-refractivity contribution in [2.75, 3.05) is 26.0 Å². The van der Waals surface area contributed by atoms with E-state index in [1.165, 1.54) is 11.0 Å². The number of nitrogens with one attached hydrogen (secondary N) is 1. The summed E-state index contributed by atoms with van der Waals surface area (Å²) < 4.78 is 11.1. The molecule has 0 aliphatic carbocycles. The molecular weight excluding hydrogens is 380 g/mol. The number of methoxy groups -OCH3 is 1. The molecule has 0 unspecified atom stereocenters. The predicted molar refractivity (Wildman–Crippen MR) is 120 cm³/mol. The maximum absolute atomic E-state index is 12.4. The summed E-state index contributed by atoms with van der Waals surface area (Å²) in [4.78, 5) is 26.1. The zero-order chi connectivity index (χ0) is 22.3. The Bertz CT molecular complexity index is 935. The van der Waals surface area contributed by atoms with E-state index < -0.39 is 0 Å². The second-order valence-corrected chi connectivity index (χ2v) is 7.40. The lowest BCUT2D eigenvalue weighted by atomic mass is 10.1. The van der Waals surface area contributed by atoms with Crippen LogP contribution >= 0.6 is 0 Å². The molecule has 0 heterocycles. The molecule has 2 rings (SSSR count). The monoisotopic (exact) mass is 410 g/mol. The quantitative estimate of drug-likeness (QED) is 0.662. The lowest BCUT2D eigenvalue weighted by Crippen LogP contribution is -2.34. The minimum Gasteiger partial charge on any atom is -0.493 e. The van der Waals surface area contributed by atoms with Crippen molar-refractivity contribution < 1.29 is 19.1 Å². The van der Waals surface area contributed by atoms with Crippen LogP contribution in [0, 0.1) is 13.8 Å². The summed E-state index contributed by atoms with van der Waals surface area (Å²) in [5.41, 5.74) is 3.66. The smallest absolute Gasteiger partial charge is 0.246 e. The van der Waals surface area contributed by atoms with Gasteiger partial charge in [-0.15, -0.1) is 0 Å². The van der Waals surface area contributed by atoms with E-state index in [-0.39, 0.29) is 24.5 Å². The Morgan fingerprint density at radius 3 is 2.53 bits per heavy atom. The summed E-state index contributed by atoms with van der Waals surface area (Å²) in [5, 5.41) is 2.86. The molecule has 0 aliphatic rings. The van der Waals surface area contributed by atoms with Gasteiger partial charge in [-0.3, -0.25) is 9.59 Å². The summed E-state index contributed by atoms with van der Waals surface area (Å²) in [5.74, 6) is 0.730. The Hall–Kier alpha value is -3.28. The van der Waals surface area contributed by atoms with Gasteiger partial charge < -0.3 is 19.7 Å². The van der Waals surface area contributed by atoms with Gasteiger partial charge in [-0.2, -0.15) is 0 Å². The number of carbonyl (C=O) groups is 2. The number of anilines is 1. The zero-order valence-electron chi connectivity index (χ0n) is 18.5. The summed E-state index contributed by atoms with van der Waals surface area (Å²) in [6.07, 6.45) is 3.15. The Balaban J connectivity index is 1.98. The minimum absolute atomic E-state index is 0.0326. The molecule has 0 fully saturated rings. The van der Waals surface area contributed by atoms with E-state index in [0.717, 1.165) is 22.4 Å². The van der Waals surface area contributed by atoms with Crippen molar-refractivity contribution >= 4 is 23.6 Å².